The van der Waals surface area contributed by atoms with Gasteiger partial charge in [-0.05, 0) is 32.1 Å². The molecule has 1 heteroatoms. The lowest BCUT2D eigenvalue weighted by molar-refractivity contribution is 0.110. The van der Waals surface area contributed by atoms with Crippen LogP contribution in [0.5, 0.6) is 0 Å². The average Bonchev–Trinajstić information content (AvgIpc) is 2.28. The van der Waals surface area contributed by atoms with Crippen molar-refractivity contribution in [2.45, 2.75) is 25.9 Å². The summed E-state index contributed by atoms with van der Waals surface area (Å²) in [5.74, 6) is 6.29. The molecule has 17 heavy (non-hydrogen) atoms. The summed E-state index contributed by atoms with van der Waals surface area (Å²) < 4.78 is 0. The fourth-order valence-electron chi connectivity index (χ4n) is 1.91. The van der Waals surface area contributed by atoms with E-state index in [-0.39, 0.29) is 0 Å². The first kappa shape index (κ1) is 11.7. The standard InChI is InChI=1S/C16H16O/c1-13-12-16(2,17)11-10-15(13)9-8-14-6-4-3-5-7-14/h3-7,10-11,17H,12H2,1-2H3. The van der Waals surface area contributed by atoms with Gasteiger partial charge in [-0.25, -0.2) is 0 Å². The first-order valence-corrected chi connectivity index (χ1v) is 5.75. The van der Waals surface area contributed by atoms with Gasteiger partial charge >= 0.3 is 0 Å². The van der Waals surface area contributed by atoms with Crippen molar-refractivity contribution in [1.29, 1.82) is 0 Å². The quantitative estimate of drug-likeness (QED) is 0.671. The van der Waals surface area contributed by atoms with Gasteiger partial charge in [0.2, 0.25) is 0 Å². The summed E-state index contributed by atoms with van der Waals surface area (Å²) in [5, 5.41) is 9.88. The highest BCUT2D eigenvalue weighted by Gasteiger charge is 2.21. The van der Waals surface area contributed by atoms with E-state index in [1.807, 2.05) is 56.3 Å². The molecule has 0 fully saturated rings. The fraction of sp³-hybridized carbons (Fsp3) is 0.250. The Morgan fingerprint density at radius 2 is 1.88 bits per heavy atom. The third-order valence-electron chi connectivity index (χ3n) is 2.81. The highest BCUT2D eigenvalue weighted by molar-refractivity contribution is 5.49. The van der Waals surface area contributed by atoms with Crippen LogP contribution in [0.3, 0.4) is 0 Å². The Kier molecular flexibility index (Phi) is 3.17. The lowest BCUT2D eigenvalue weighted by Crippen LogP contribution is -2.23. The molecule has 1 N–H and O–H groups in total. The van der Waals surface area contributed by atoms with Crippen LogP contribution in [0, 0.1) is 11.8 Å². The first-order chi connectivity index (χ1) is 8.07. The van der Waals surface area contributed by atoms with E-state index >= 15 is 0 Å². The molecule has 1 aliphatic rings. The minimum atomic E-state index is -0.720. The van der Waals surface area contributed by atoms with Crippen molar-refractivity contribution in [1.82, 2.24) is 0 Å². The van der Waals surface area contributed by atoms with Crippen LogP contribution in [0.1, 0.15) is 25.8 Å². The maximum Gasteiger partial charge on any atom is 0.0840 e. The second-order valence-electron chi connectivity index (χ2n) is 4.68. The molecular weight excluding hydrogens is 208 g/mol. The minimum absolute atomic E-state index is 0.655. The zero-order valence-electron chi connectivity index (χ0n) is 10.2. The monoisotopic (exact) mass is 224 g/mol. The predicted octanol–water partition coefficient (Wildman–Crippen LogP) is 3.07. The summed E-state index contributed by atoms with van der Waals surface area (Å²) in [6.45, 7) is 3.83. The SMILES string of the molecule is CC1=C(C#Cc2ccccc2)C=CC(C)(O)C1. The van der Waals surface area contributed by atoms with Crippen molar-refractivity contribution in [3.8, 4) is 11.8 Å². The van der Waals surface area contributed by atoms with E-state index in [9.17, 15) is 5.11 Å². The largest absolute Gasteiger partial charge is 0.386 e. The smallest absolute Gasteiger partial charge is 0.0840 e. The van der Waals surface area contributed by atoms with Crippen molar-refractivity contribution in [3.63, 3.8) is 0 Å². The van der Waals surface area contributed by atoms with Gasteiger partial charge in [0.1, 0.15) is 0 Å². The molecule has 0 aliphatic heterocycles. The van der Waals surface area contributed by atoms with Crippen molar-refractivity contribution < 1.29 is 5.11 Å². The Bertz CT molecular complexity index is 522. The number of hydrogen-bond donors (Lipinski definition) is 1. The van der Waals surface area contributed by atoms with E-state index < -0.39 is 5.60 Å². The summed E-state index contributed by atoms with van der Waals surface area (Å²) in [4.78, 5) is 0. The molecule has 1 nitrogen and oxygen atoms in total. The highest BCUT2D eigenvalue weighted by Crippen LogP contribution is 2.25. The second kappa shape index (κ2) is 4.61. The zero-order valence-corrected chi connectivity index (χ0v) is 10.2. The molecule has 86 valence electrons. The normalized spacial score (nSPS) is 23.2. The van der Waals surface area contributed by atoms with E-state index in [0.717, 1.165) is 16.7 Å². The van der Waals surface area contributed by atoms with E-state index in [2.05, 4.69) is 11.8 Å². The number of benzene rings is 1. The number of allylic oxidation sites excluding steroid dienone is 2. The summed E-state index contributed by atoms with van der Waals surface area (Å²) in [7, 11) is 0. The Balaban J connectivity index is 2.22. The molecule has 0 bridgehead atoms. The van der Waals surface area contributed by atoms with Gasteiger partial charge < -0.3 is 5.11 Å². The maximum absolute atomic E-state index is 9.88. The van der Waals surface area contributed by atoms with Crippen molar-refractivity contribution in [3.05, 3.63) is 59.2 Å². The Labute approximate surface area is 102 Å². The molecule has 0 radical (unpaired) electrons. The van der Waals surface area contributed by atoms with Crippen LogP contribution < -0.4 is 0 Å². The zero-order chi connectivity index (χ0) is 12.3. The van der Waals surface area contributed by atoms with Crippen molar-refractivity contribution in [2.24, 2.45) is 0 Å². The summed E-state index contributed by atoms with van der Waals surface area (Å²) in [6.07, 6.45) is 4.38. The summed E-state index contributed by atoms with van der Waals surface area (Å²) in [5.41, 5.74) is 2.45. The van der Waals surface area contributed by atoms with E-state index in [0.29, 0.717) is 6.42 Å². The number of rotatable bonds is 0. The Hall–Kier alpha value is -1.78. The molecular formula is C16H16O. The average molecular weight is 224 g/mol. The fourth-order valence-corrected chi connectivity index (χ4v) is 1.91. The molecule has 1 aliphatic carbocycles. The van der Waals surface area contributed by atoms with Crippen molar-refractivity contribution >= 4 is 0 Å². The second-order valence-corrected chi connectivity index (χ2v) is 4.68. The van der Waals surface area contributed by atoms with Crippen molar-refractivity contribution in [2.75, 3.05) is 0 Å². The summed E-state index contributed by atoms with van der Waals surface area (Å²) in [6, 6.07) is 9.92. The number of aliphatic hydroxyl groups is 1. The maximum atomic E-state index is 9.88. The molecule has 0 spiro atoms. The van der Waals surface area contributed by atoms with Crippen LogP contribution >= 0.6 is 0 Å². The van der Waals surface area contributed by atoms with Gasteiger partial charge in [0.15, 0.2) is 0 Å². The van der Waals surface area contributed by atoms with Crippen LogP contribution in [0.2, 0.25) is 0 Å². The van der Waals surface area contributed by atoms with Gasteiger partial charge in [0, 0.05) is 17.6 Å². The lowest BCUT2D eigenvalue weighted by Gasteiger charge is -2.23. The molecule has 0 aromatic heterocycles. The molecule has 1 unspecified atom stereocenters. The molecule has 2 rings (SSSR count). The number of hydrogen-bond acceptors (Lipinski definition) is 1. The molecule has 0 heterocycles. The first-order valence-electron chi connectivity index (χ1n) is 5.75. The van der Waals surface area contributed by atoms with E-state index in [4.69, 9.17) is 0 Å². The van der Waals surface area contributed by atoms with Gasteiger partial charge in [0.05, 0.1) is 5.60 Å². The van der Waals surface area contributed by atoms with Gasteiger partial charge in [-0.3, -0.25) is 0 Å². The third-order valence-corrected chi connectivity index (χ3v) is 2.81. The van der Waals surface area contributed by atoms with Crippen LogP contribution in [0.15, 0.2) is 53.6 Å². The van der Waals surface area contributed by atoms with Crippen LogP contribution in [0.4, 0.5) is 0 Å². The molecule has 0 saturated heterocycles. The molecule has 1 atom stereocenters. The molecule has 0 amide bonds. The van der Waals surface area contributed by atoms with Gasteiger partial charge in [-0.1, -0.05) is 41.7 Å². The van der Waals surface area contributed by atoms with Gasteiger partial charge in [-0.15, -0.1) is 0 Å². The predicted molar refractivity (Wildman–Crippen MR) is 70.4 cm³/mol. The van der Waals surface area contributed by atoms with Crippen LogP contribution in [0.25, 0.3) is 0 Å². The van der Waals surface area contributed by atoms with Crippen LogP contribution in [-0.4, -0.2) is 10.7 Å². The van der Waals surface area contributed by atoms with Crippen LogP contribution in [-0.2, 0) is 0 Å². The third kappa shape index (κ3) is 3.09. The highest BCUT2D eigenvalue weighted by atomic mass is 16.3. The topological polar surface area (TPSA) is 20.2 Å². The minimum Gasteiger partial charge on any atom is -0.386 e. The molecule has 1 aromatic carbocycles. The molecule has 1 aromatic rings. The van der Waals surface area contributed by atoms with Gasteiger partial charge in [-0.2, -0.15) is 0 Å². The lowest BCUT2D eigenvalue weighted by atomic mass is 9.88. The van der Waals surface area contributed by atoms with E-state index in [1.54, 1.807) is 0 Å². The van der Waals surface area contributed by atoms with E-state index in [1.165, 1.54) is 0 Å². The summed E-state index contributed by atoms with van der Waals surface area (Å²) >= 11 is 0. The Morgan fingerprint density at radius 1 is 1.18 bits per heavy atom. The Morgan fingerprint density at radius 3 is 2.53 bits per heavy atom. The molecule has 0 saturated carbocycles. The van der Waals surface area contributed by atoms with Gasteiger partial charge in [0.25, 0.3) is 0 Å².